The first kappa shape index (κ1) is 9.25. The molecule has 2 nitrogen and oxygen atoms in total. The van der Waals surface area contributed by atoms with E-state index in [4.69, 9.17) is 0 Å². The quantitative estimate of drug-likeness (QED) is 0.524. The fraction of sp³-hybridized carbons (Fsp3) is 0.417. The standard InChI is InChI=1S/C12H16N2/c1-14(2)9-13-12-8-11(12)10-6-4-3-5-7-10/h3-7,9,11-12H,8H2,1-2H3/t11-,12-/m1/s1. The fourth-order valence-corrected chi connectivity index (χ4v) is 1.62. The molecule has 1 aliphatic rings. The summed E-state index contributed by atoms with van der Waals surface area (Å²) in [4.78, 5) is 6.48. The van der Waals surface area contributed by atoms with Gasteiger partial charge in [-0.25, -0.2) is 0 Å². The van der Waals surface area contributed by atoms with Gasteiger partial charge < -0.3 is 4.90 Å². The summed E-state index contributed by atoms with van der Waals surface area (Å²) in [7, 11) is 4.01. The maximum absolute atomic E-state index is 4.49. The summed E-state index contributed by atoms with van der Waals surface area (Å²) in [5, 5.41) is 0. The lowest BCUT2D eigenvalue weighted by Gasteiger charge is -2.01. The average molecular weight is 188 g/mol. The van der Waals surface area contributed by atoms with Crippen LogP contribution in [0.4, 0.5) is 0 Å². The van der Waals surface area contributed by atoms with E-state index in [1.54, 1.807) is 0 Å². The van der Waals surface area contributed by atoms with E-state index in [1.807, 2.05) is 25.3 Å². The number of hydrogen-bond donors (Lipinski definition) is 0. The normalized spacial score (nSPS) is 25.3. The first-order chi connectivity index (χ1) is 6.77. The molecule has 0 aromatic heterocycles. The predicted molar refractivity (Wildman–Crippen MR) is 59.8 cm³/mol. The summed E-state index contributed by atoms with van der Waals surface area (Å²) in [5.74, 6) is 0.660. The van der Waals surface area contributed by atoms with E-state index in [0.717, 1.165) is 0 Å². The Kier molecular flexibility index (Phi) is 2.53. The molecule has 14 heavy (non-hydrogen) atoms. The molecule has 2 rings (SSSR count). The van der Waals surface area contributed by atoms with Crippen LogP contribution in [0.2, 0.25) is 0 Å². The van der Waals surface area contributed by atoms with Crippen LogP contribution in [0.5, 0.6) is 0 Å². The third-order valence-corrected chi connectivity index (χ3v) is 2.47. The smallest absolute Gasteiger partial charge is 0.0848 e. The lowest BCUT2D eigenvalue weighted by Crippen LogP contribution is -2.08. The van der Waals surface area contributed by atoms with Gasteiger partial charge >= 0.3 is 0 Å². The Morgan fingerprint density at radius 1 is 1.29 bits per heavy atom. The molecule has 0 heterocycles. The van der Waals surface area contributed by atoms with Gasteiger partial charge in [-0.1, -0.05) is 30.3 Å². The van der Waals surface area contributed by atoms with Gasteiger partial charge in [-0.2, -0.15) is 0 Å². The van der Waals surface area contributed by atoms with Crippen molar-refractivity contribution in [3.05, 3.63) is 35.9 Å². The number of aliphatic imine (C=N–C) groups is 1. The van der Waals surface area contributed by atoms with Gasteiger partial charge in [-0.3, -0.25) is 4.99 Å². The summed E-state index contributed by atoms with van der Waals surface area (Å²) in [6.07, 6.45) is 3.11. The van der Waals surface area contributed by atoms with Gasteiger partial charge in [0.2, 0.25) is 0 Å². The highest BCUT2D eigenvalue weighted by Crippen LogP contribution is 2.43. The lowest BCUT2D eigenvalue weighted by atomic mass is 10.1. The van der Waals surface area contributed by atoms with Crippen LogP contribution >= 0.6 is 0 Å². The van der Waals surface area contributed by atoms with E-state index >= 15 is 0 Å². The van der Waals surface area contributed by atoms with Crippen molar-refractivity contribution in [2.75, 3.05) is 14.1 Å². The Hall–Kier alpha value is -1.31. The van der Waals surface area contributed by atoms with Crippen molar-refractivity contribution >= 4 is 6.34 Å². The van der Waals surface area contributed by atoms with Crippen molar-refractivity contribution in [3.63, 3.8) is 0 Å². The van der Waals surface area contributed by atoms with Crippen LogP contribution in [0.15, 0.2) is 35.3 Å². The van der Waals surface area contributed by atoms with E-state index in [2.05, 4.69) is 35.3 Å². The molecule has 74 valence electrons. The second-order valence-corrected chi connectivity index (χ2v) is 4.05. The number of rotatable bonds is 3. The minimum Gasteiger partial charge on any atom is -0.369 e. The molecular weight excluding hydrogens is 172 g/mol. The summed E-state index contributed by atoms with van der Waals surface area (Å²) in [5.41, 5.74) is 1.42. The zero-order valence-corrected chi connectivity index (χ0v) is 8.72. The van der Waals surface area contributed by atoms with Crippen molar-refractivity contribution in [2.24, 2.45) is 4.99 Å². The monoisotopic (exact) mass is 188 g/mol. The van der Waals surface area contributed by atoms with E-state index in [9.17, 15) is 0 Å². The predicted octanol–water partition coefficient (Wildman–Crippen LogP) is 2.13. The van der Waals surface area contributed by atoms with Crippen LogP contribution in [-0.4, -0.2) is 31.4 Å². The fourth-order valence-electron chi connectivity index (χ4n) is 1.62. The van der Waals surface area contributed by atoms with Gasteiger partial charge in [-0.05, 0) is 12.0 Å². The highest BCUT2D eigenvalue weighted by molar-refractivity contribution is 5.55. The maximum atomic E-state index is 4.49. The Morgan fingerprint density at radius 3 is 2.64 bits per heavy atom. The highest BCUT2D eigenvalue weighted by atomic mass is 15.1. The SMILES string of the molecule is CN(C)C=N[C@@H]1C[C@@H]1c1ccccc1. The first-order valence-corrected chi connectivity index (χ1v) is 5.02. The Balaban J connectivity index is 1.94. The first-order valence-electron chi connectivity index (χ1n) is 5.02. The van der Waals surface area contributed by atoms with E-state index in [1.165, 1.54) is 12.0 Å². The minimum atomic E-state index is 0.514. The van der Waals surface area contributed by atoms with Crippen LogP contribution in [0, 0.1) is 0 Å². The molecule has 1 aromatic rings. The second kappa shape index (κ2) is 3.82. The molecule has 0 aliphatic heterocycles. The van der Waals surface area contributed by atoms with Crippen LogP contribution in [0.3, 0.4) is 0 Å². The van der Waals surface area contributed by atoms with Crippen LogP contribution in [0.1, 0.15) is 17.9 Å². The molecule has 1 aliphatic carbocycles. The zero-order chi connectivity index (χ0) is 9.97. The van der Waals surface area contributed by atoms with E-state index in [-0.39, 0.29) is 0 Å². The minimum absolute atomic E-state index is 0.514. The lowest BCUT2D eigenvalue weighted by molar-refractivity contribution is 0.638. The molecule has 2 atom stereocenters. The molecule has 0 bridgehead atoms. The average Bonchev–Trinajstić information content (AvgIpc) is 2.95. The summed E-state index contributed by atoms with van der Waals surface area (Å²) >= 11 is 0. The molecule has 1 saturated carbocycles. The zero-order valence-electron chi connectivity index (χ0n) is 8.72. The summed E-state index contributed by atoms with van der Waals surface area (Å²) < 4.78 is 0. The van der Waals surface area contributed by atoms with Crippen molar-refractivity contribution < 1.29 is 0 Å². The van der Waals surface area contributed by atoms with Crippen molar-refractivity contribution in [2.45, 2.75) is 18.4 Å². The summed E-state index contributed by atoms with van der Waals surface area (Å²) in [6, 6.07) is 11.1. The second-order valence-electron chi connectivity index (χ2n) is 4.05. The van der Waals surface area contributed by atoms with Gasteiger partial charge in [0, 0.05) is 20.0 Å². The molecule has 0 N–H and O–H groups in total. The number of benzene rings is 1. The van der Waals surface area contributed by atoms with E-state index < -0.39 is 0 Å². The Bertz CT molecular complexity index is 316. The Morgan fingerprint density at radius 2 is 2.00 bits per heavy atom. The molecule has 0 spiro atoms. The Labute approximate surface area is 85.3 Å². The largest absolute Gasteiger partial charge is 0.369 e. The van der Waals surface area contributed by atoms with Crippen molar-refractivity contribution in [3.8, 4) is 0 Å². The van der Waals surface area contributed by atoms with E-state index in [0.29, 0.717) is 12.0 Å². The number of hydrogen-bond acceptors (Lipinski definition) is 1. The third-order valence-electron chi connectivity index (χ3n) is 2.47. The molecule has 0 radical (unpaired) electrons. The van der Waals surface area contributed by atoms with Crippen LogP contribution < -0.4 is 0 Å². The molecule has 0 unspecified atom stereocenters. The van der Waals surface area contributed by atoms with Gasteiger partial charge in [-0.15, -0.1) is 0 Å². The molecule has 0 saturated heterocycles. The highest BCUT2D eigenvalue weighted by Gasteiger charge is 2.37. The molecule has 0 amide bonds. The van der Waals surface area contributed by atoms with Gasteiger partial charge in [0.15, 0.2) is 0 Å². The summed E-state index contributed by atoms with van der Waals surface area (Å²) in [6.45, 7) is 0. The third kappa shape index (κ3) is 2.13. The van der Waals surface area contributed by atoms with Crippen LogP contribution in [0.25, 0.3) is 0 Å². The number of nitrogens with zero attached hydrogens (tertiary/aromatic N) is 2. The van der Waals surface area contributed by atoms with Gasteiger partial charge in [0.25, 0.3) is 0 Å². The molecular formula is C12H16N2. The van der Waals surface area contributed by atoms with Gasteiger partial charge in [0.05, 0.1) is 12.4 Å². The maximum Gasteiger partial charge on any atom is 0.0848 e. The molecule has 1 aromatic carbocycles. The molecule has 2 heteroatoms. The van der Waals surface area contributed by atoms with Crippen molar-refractivity contribution in [1.29, 1.82) is 0 Å². The van der Waals surface area contributed by atoms with Crippen molar-refractivity contribution in [1.82, 2.24) is 4.90 Å². The molecule has 1 fully saturated rings. The topological polar surface area (TPSA) is 15.6 Å². The van der Waals surface area contributed by atoms with Gasteiger partial charge in [0.1, 0.15) is 0 Å². The van der Waals surface area contributed by atoms with Crippen LogP contribution in [-0.2, 0) is 0 Å².